The molecule has 0 N–H and O–H groups in total. The molecule has 0 aliphatic rings. The Labute approximate surface area is 288 Å². The van der Waals surface area contributed by atoms with E-state index >= 15 is 0 Å². The fraction of sp³-hybridized carbons (Fsp3) is 0.390. The third kappa shape index (κ3) is 11.9. The molecule has 0 amide bonds. The molecule has 0 aliphatic carbocycles. The van der Waals surface area contributed by atoms with Gasteiger partial charge in [0, 0.05) is 6.42 Å². The third-order valence-corrected chi connectivity index (χ3v) is 13.7. The molecule has 4 rings (SSSR count). The van der Waals surface area contributed by atoms with Crippen LogP contribution in [0.25, 0.3) is 0 Å². The SMILES string of the molecule is CC[Si](CC)(CC)O[C@H](COCc1ccccc1)[C@H](OCc1ccccc1)[C@H](OCc1ccccc1)[C@H](CC=O)OCc1ccccc1. The molecule has 0 fully saturated rings. The quantitative estimate of drug-likeness (QED) is 0.0581. The lowest BCUT2D eigenvalue weighted by atomic mass is 10.00. The van der Waals surface area contributed by atoms with E-state index in [-0.39, 0.29) is 6.42 Å². The Kier molecular flexibility index (Phi) is 16.2. The minimum atomic E-state index is -2.16. The highest BCUT2D eigenvalue weighted by Gasteiger charge is 2.42. The van der Waals surface area contributed by atoms with Crippen molar-refractivity contribution in [3.8, 4) is 0 Å². The van der Waals surface area contributed by atoms with Gasteiger partial charge in [-0.15, -0.1) is 0 Å². The Bertz CT molecular complexity index is 1390. The summed E-state index contributed by atoms with van der Waals surface area (Å²) in [7, 11) is -2.16. The summed E-state index contributed by atoms with van der Waals surface area (Å²) >= 11 is 0. The van der Waals surface area contributed by atoms with E-state index in [9.17, 15) is 4.79 Å². The number of hydrogen-bond donors (Lipinski definition) is 0. The van der Waals surface area contributed by atoms with Gasteiger partial charge in [-0.05, 0) is 40.4 Å². The highest BCUT2D eigenvalue weighted by Crippen LogP contribution is 2.30. The zero-order valence-electron chi connectivity index (χ0n) is 28.7. The van der Waals surface area contributed by atoms with Crippen LogP contribution in [0.15, 0.2) is 121 Å². The molecule has 6 nitrogen and oxygen atoms in total. The second kappa shape index (κ2) is 20.8. The summed E-state index contributed by atoms with van der Waals surface area (Å²) in [6.07, 6.45) is -1.22. The fourth-order valence-electron chi connectivity index (χ4n) is 5.91. The van der Waals surface area contributed by atoms with Crippen molar-refractivity contribution in [3.63, 3.8) is 0 Å². The first-order valence-electron chi connectivity index (χ1n) is 17.3. The van der Waals surface area contributed by atoms with Crippen LogP contribution in [0.3, 0.4) is 0 Å². The van der Waals surface area contributed by atoms with Gasteiger partial charge in [0.2, 0.25) is 0 Å². The number of carbonyl (C=O) groups excluding carboxylic acids is 1. The zero-order valence-corrected chi connectivity index (χ0v) is 29.7. The van der Waals surface area contributed by atoms with Gasteiger partial charge in [0.05, 0.1) is 45.2 Å². The number of rotatable bonds is 23. The second-order valence-electron chi connectivity index (χ2n) is 12.2. The predicted molar refractivity (Wildman–Crippen MR) is 194 cm³/mol. The molecule has 0 radical (unpaired) electrons. The maximum Gasteiger partial charge on any atom is 0.192 e. The molecule has 4 atom stereocenters. The molecule has 0 unspecified atom stereocenters. The highest BCUT2D eigenvalue weighted by atomic mass is 28.4. The molecule has 0 bridgehead atoms. The van der Waals surface area contributed by atoms with E-state index in [0.29, 0.717) is 33.0 Å². The monoisotopic (exact) mass is 668 g/mol. The van der Waals surface area contributed by atoms with Crippen LogP contribution in [0.5, 0.6) is 0 Å². The summed E-state index contributed by atoms with van der Waals surface area (Å²) in [4.78, 5) is 12.2. The lowest BCUT2D eigenvalue weighted by Gasteiger charge is -2.41. The molecule has 4 aromatic carbocycles. The van der Waals surface area contributed by atoms with E-state index in [1.165, 1.54) is 0 Å². The molecule has 256 valence electrons. The molecule has 48 heavy (non-hydrogen) atoms. The maximum absolute atomic E-state index is 12.2. The summed E-state index contributed by atoms with van der Waals surface area (Å²) in [5, 5.41) is 0. The van der Waals surface area contributed by atoms with Crippen molar-refractivity contribution < 1.29 is 28.2 Å². The lowest BCUT2D eigenvalue weighted by molar-refractivity contribution is -0.185. The van der Waals surface area contributed by atoms with Gasteiger partial charge in [-0.25, -0.2) is 0 Å². The number of hydrogen-bond acceptors (Lipinski definition) is 6. The Morgan fingerprint density at radius 2 is 0.896 bits per heavy atom. The summed E-state index contributed by atoms with van der Waals surface area (Å²) < 4.78 is 34.0. The van der Waals surface area contributed by atoms with Crippen LogP contribution < -0.4 is 0 Å². The van der Waals surface area contributed by atoms with Gasteiger partial charge < -0.3 is 28.2 Å². The van der Waals surface area contributed by atoms with E-state index in [2.05, 4.69) is 45.0 Å². The molecule has 0 saturated heterocycles. The normalized spacial score (nSPS) is 14.2. The zero-order chi connectivity index (χ0) is 33.9. The molecule has 0 heterocycles. The largest absolute Gasteiger partial charge is 0.409 e. The molecule has 4 aromatic rings. The van der Waals surface area contributed by atoms with Gasteiger partial charge >= 0.3 is 0 Å². The van der Waals surface area contributed by atoms with Crippen LogP contribution in [0.1, 0.15) is 49.4 Å². The first kappa shape index (κ1) is 37.4. The Hall–Kier alpha value is -3.43. The topological polar surface area (TPSA) is 63.2 Å². The molecular weight excluding hydrogens is 617 g/mol. The Morgan fingerprint density at radius 3 is 1.29 bits per heavy atom. The van der Waals surface area contributed by atoms with Crippen molar-refractivity contribution in [2.75, 3.05) is 6.61 Å². The molecular formula is C41H52O6Si. The summed E-state index contributed by atoms with van der Waals surface area (Å²) in [5.74, 6) is 0. The lowest BCUT2D eigenvalue weighted by Crippen LogP contribution is -2.54. The van der Waals surface area contributed by atoms with Crippen LogP contribution >= 0.6 is 0 Å². The smallest absolute Gasteiger partial charge is 0.192 e. The fourth-order valence-corrected chi connectivity index (χ4v) is 8.76. The summed E-state index contributed by atoms with van der Waals surface area (Å²) in [6.45, 7) is 8.44. The van der Waals surface area contributed by atoms with Crippen molar-refractivity contribution in [2.24, 2.45) is 0 Å². The third-order valence-electron chi connectivity index (χ3n) is 8.99. The average Bonchev–Trinajstić information content (AvgIpc) is 3.15. The summed E-state index contributed by atoms with van der Waals surface area (Å²) in [5.41, 5.74) is 4.17. The summed E-state index contributed by atoms with van der Waals surface area (Å²) in [6, 6.07) is 43.3. The molecule has 0 saturated carbocycles. The van der Waals surface area contributed by atoms with E-state index in [0.717, 1.165) is 46.7 Å². The van der Waals surface area contributed by atoms with Crippen molar-refractivity contribution in [2.45, 2.75) is 96.2 Å². The van der Waals surface area contributed by atoms with E-state index in [4.69, 9.17) is 23.4 Å². The molecule has 7 heteroatoms. The van der Waals surface area contributed by atoms with Gasteiger partial charge in [-0.1, -0.05) is 142 Å². The number of benzene rings is 4. The first-order chi connectivity index (χ1) is 23.6. The van der Waals surface area contributed by atoms with Crippen LogP contribution in [-0.2, 0) is 54.6 Å². The van der Waals surface area contributed by atoms with Gasteiger partial charge in [-0.3, -0.25) is 0 Å². The van der Waals surface area contributed by atoms with E-state index in [1.807, 2.05) is 97.1 Å². The van der Waals surface area contributed by atoms with E-state index in [1.54, 1.807) is 0 Å². The Balaban J connectivity index is 1.73. The molecule has 0 spiro atoms. The van der Waals surface area contributed by atoms with E-state index < -0.39 is 32.7 Å². The van der Waals surface area contributed by atoms with Gasteiger partial charge in [0.1, 0.15) is 18.5 Å². The van der Waals surface area contributed by atoms with Crippen molar-refractivity contribution in [1.82, 2.24) is 0 Å². The number of ether oxygens (including phenoxy) is 4. The minimum Gasteiger partial charge on any atom is -0.409 e. The van der Waals surface area contributed by atoms with Gasteiger partial charge in [0.25, 0.3) is 0 Å². The van der Waals surface area contributed by atoms with Gasteiger partial charge in [0.15, 0.2) is 8.32 Å². The maximum atomic E-state index is 12.2. The van der Waals surface area contributed by atoms with Crippen molar-refractivity contribution in [3.05, 3.63) is 144 Å². The van der Waals surface area contributed by atoms with Crippen LogP contribution in [-0.4, -0.2) is 45.6 Å². The second-order valence-corrected chi connectivity index (χ2v) is 16.9. The predicted octanol–water partition coefficient (Wildman–Crippen LogP) is 8.94. The van der Waals surface area contributed by atoms with Gasteiger partial charge in [-0.2, -0.15) is 0 Å². The highest BCUT2D eigenvalue weighted by molar-refractivity contribution is 6.73. The molecule has 0 aromatic heterocycles. The number of carbonyl (C=O) groups is 1. The minimum absolute atomic E-state index is 0.146. The molecule has 0 aliphatic heterocycles. The number of aldehydes is 1. The van der Waals surface area contributed by atoms with Crippen LogP contribution in [0.4, 0.5) is 0 Å². The van der Waals surface area contributed by atoms with Crippen LogP contribution in [0, 0.1) is 0 Å². The first-order valence-corrected chi connectivity index (χ1v) is 19.8. The average molecular weight is 669 g/mol. The van der Waals surface area contributed by atoms with Crippen LogP contribution in [0.2, 0.25) is 18.1 Å². The standard InChI is InChI=1S/C41H52O6Si/c1-4-48(5-2,6-3)47-39(33-43-29-34-19-11-7-12-20-34)41(46-32-37-25-17-10-18-26-37)40(45-31-36-23-15-9-16-24-36)38(27-28-42)44-30-35-21-13-8-14-22-35/h7-26,28,38-41H,4-6,27,29-33H2,1-3H3/t38-,39+,40+,41-/m0/s1. The van der Waals surface area contributed by atoms with Crippen molar-refractivity contribution in [1.29, 1.82) is 0 Å². The van der Waals surface area contributed by atoms with Crippen molar-refractivity contribution >= 4 is 14.6 Å². The Morgan fingerprint density at radius 1 is 0.521 bits per heavy atom.